The fourth-order valence-corrected chi connectivity index (χ4v) is 7.43. The van der Waals surface area contributed by atoms with Crippen LogP contribution in [0.25, 0.3) is 0 Å². The van der Waals surface area contributed by atoms with Crippen LogP contribution in [0.4, 0.5) is 11.6 Å². The van der Waals surface area contributed by atoms with Gasteiger partial charge in [-0.1, -0.05) is 28.1 Å². The van der Waals surface area contributed by atoms with E-state index in [-0.39, 0.29) is 29.8 Å². The van der Waals surface area contributed by atoms with Gasteiger partial charge in [-0.15, -0.1) is 0 Å². The number of likely N-dealkylation sites (tertiary alicyclic amines) is 1. The standard InChI is InChI=1S/C21H32N4O3.C17H26N4O.C4H7BrO2/c1-2-28-20(27)15-25-13-10-18(11-14-25)23-19(26)7-3-6-17-9-8-16-5-4-12-22-21(16)24-17;22-16(20-15-8-11-18-12-9-15)5-1-4-14-7-6-13-3-2-10-19-17(13)21-14;1-2-7-4(6)3-5/h8-9,18H,2-7,10-15H2,1H3,(H,22,24)(H,23,26);6-7,15,18H,1-5,8-12H2,(H,19,21)(H,20,22);2-3H2,1H3. The van der Waals surface area contributed by atoms with E-state index in [9.17, 15) is 19.2 Å². The van der Waals surface area contributed by atoms with Gasteiger partial charge in [0.1, 0.15) is 17.0 Å². The molecule has 2 aromatic rings. The van der Waals surface area contributed by atoms with Gasteiger partial charge in [-0.2, -0.15) is 0 Å². The van der Waals surface area contributed by atoms with Crippen LogP contribution in [0, 0.1) is 0 Å². The Hall–Kier alpha value is -3.82. The molecule has 0 aliphatic carbocycles. The van der Waals surface area contributed by atoms with Gasteiger partial charge in [0.2, 0.25) is 11.8 Å². The first-order valence-electron chi connectivity index (χ1n) is 21.1. The first kappa shape index (κ1) is 45.9. The number of aryl methyl sites for hydroxylation is 4. The molecule has 6 heterocycles. The molecule has 0 saturated carbocycles. The smallest absolute Gasteiger partial charge is 0.320 e. The van der Waals surface area contributed by atoms with Crippen LogP contribution < -0.4 is 26.6 Å². The highest BCUT2D eigenvalue weighted by molar-refractivity contribution is 9.09. The third-order valence-electron chi connectivity index (χ3n) is 10.3. The van der Waals surface area contributed by atoms with Gasteiger partial charge in [0.15, 0.2) is 0 Å². The van der Waals surface area contributed by atoms with Crippen molar-refractivity contribution in [2.75, 3.05) is 75.0 Å². The number of anilines is 2. The molecular formula is C42H65BrN8O6. The van der Waals surface area contributed by atoms with Crippen LogP contribution in [0.2, 0.25) is 0 Å². The minimum absolute atomic E-state index is 0.111. The summed E-state index contributed by atoms with van der Waals surface area (Å²) >= 11 is 2.94. The second kappa shape index (κ2) is 26.2. The SMILES string of the molecule is CCOC(=O)CBr.CCOC(=O)CN1CCC(NC(=O)CCCc2ccc3c(n2)NCCC3)CC1.O=C(CCCc1ccc2c(n1)NCCC2)NC1CCNCC1. The summed E-state index contributed by atoms with van der Waals surface area (Å²) in [5, 5.41) is 16.6. The van der Waals surface area contributed by atoms with Crippen LogP contribution in [-0.2, 0) is 54.3 Å². The van der Waals surface area contributed by atoms with Crippen LogP contribution in [0.5, 0.6) is 0 Å². The molecule has 2 aromatic heterocycles. The zero-order chi connectivity index (χ0) is 40.7. The molecule has 14 nitrogen and oxygen atoms in total. The van der Waals surface area contributed by atoms with E-state index >= 15 is 0 Å². The summed E-state index contributed by atoms with van der Waals surface area (Å²) < 4.78 is 9.49. The number of pyridine rings is 2. The van der Waals surface area contributed by atoms with E-state index in [0.717, 1.165) is 133 Å². The van der Waals surface area contributed by atoms with Crippen molar-refractivity contribution < 1.29 is 28.7 Å². The number of esters is 2. The van der Waals surface area contributed by atoms with E-state index in [2.05, 4.69) is 86.4 Å². The number of hydrogen-bond acceptors (Lipinski definition) is 12. The third-order valence-corrected chi connectivity index (χ3v) is 10.8. The number of carbonyl (C=O) groups is 4. The van der Waals surface area contributed by atoms with E-state index in [1.54, 1.807) is 6.92 Å². The minimum atomic E-state index is -0.206. The van der Waals surface area contributed by atoms with Crippen molar-refractivity contribution in [1.29, 1.82) is 0 Å². The third kappa shape index (κ3) is 17.7. The number of fused-ring (bicyclic) bond motifs is 2. The minimum Gasteiger partial charge on any atom is -0.465 e. The van der Waals surface area contributed by atoms with Crippen molar-refractivity contribution >= 4 is 51.3 Å². The number of piperidine rings is 2. The zero-order valence-corrected chi connectivity index (χ0v) is 35.7. The first-order valence-corrected chi connectivity index (χ1v) is 22.2. The average Bonchev–Trinajstić information content (AvgIpc) is 3.22. The molecule has 0 atom stereocenters. The molecule has 316 valence electrons. The Bertz CT molecular complexity index is 1550. The van der Waals surface area contributed by atoms with Crippen molar-refractivity contribution in [3.63, 3.8) is 0 Å². The Kier molecular flexibility index (Phi) is 21.1. The summed E-state index contributed by atoms with van der Waals surface area (Å²) in [5.74, 6) is 1.98. The van der Waals surface area contributed by atoms with Gasteiger partial charge in [0.05, 0.1) is 19.8 Å². The quantitative estimate of drug-likeness (QED) is 0.126. The highest BCUT2D eigenvalue weighted by Crippen LogP contribution is 2.21. The van der Waals surface area contributed by atoms with Crippen LogP contribution in [0.3, 0.4) is 0 Å². The lowest BCUT2D eigenvalue weighted by Gasteiger charge is -2.31. The molecule has 2 saturated heterocycles. The van der Waals surface area contributed by atoms with Gasteiger partial charge in [-0.3, -0.25) is 24.1 Å². The number of rotatable bonds is 15. The van der Waals surface area contributed by atoms with Gasteiger partial charge in [0, 0.05) is 62.5 Å². The highest BCUT2D eigenvalue weighted by atomic mass is 79.9. The summed E-state index contributed by atoms with van der Waals surface area (Å²) in [6, 6.07) is 9.10. The maximum atomic E-state index is 12.2. The summed E-state index contributed by atoms with van der Waals surface area (Å²) in [6.45, 7) is 10.5. The number of carbonyl (C=O) groups excluding carboxylic acids is 4. The maximum absolute atomic E-state index is 12.2. The topological polar surface area (TPSA) is 176 Å². The fraction of sp³-hybridized carbons (Fsp3) is 0.667. The Labute approximate surface area is 347 Å². The summed E-state index contributed by atoms with van der Waals surface area (Å²) in [4.78, 5) is 57.4. The highest BCUT2D eigenvalue weighted by Gasteiger charge is 2.22. The Morgan fingerprint density at radius 2 is 1.21 bits per heavy atom. The number of amides is 2. The fourth-order valence-electron chi connectivity index (χ4n) is 7.27. The molecule has 0 spiro atoms. The molecule has 4 aliphatic rings. The number of hydrogen-bond donors (Lipinski definition) is 5. The van der Waals surface area contributed by atoms with E-state index in [0.29, 0.717) is 44.0 Å². The molecular weight excluding hydrogens is 792 g/mol. The van der Waals surface area contributed by atoms with Crippen molar-refractivity contribution in [3.8, 4) is 0 Å². The lowest BCUT2D eigenvalue weighted by molar-refractivity contribution is -0.145. The zero-order valence-electron chi connectivity index (χ0n) is 34.1. The molecule has 2 amide bonds. The monoisotopic (exact) mass is 856 g/mol. The van der Waals surface area contributed by atoms with Crippen LogP contribution in [0.15, 0.2) is 24.3 Å². The molecule has 57 heavy (non-hydrogen) atoms. The number of alkyl halides is 1. The molecule has 0 radical (unpaired) electrons. The molecule has 6 rings (SSSR count). The predicted octanol–water partition coefficient (Wildman–Crippen LogP) is 4.48. The summed E-state index contributed by atoms with van der Waals surface area (Å²) in [7, 11) is 0. The molecule has 0 bridgehead atoms. The van der Waals surface area contributed by atoms with E-state index < -0.39 is 0 Å². The molecule has 2 fully saturated rings. The lowest BCUT2D eigenvalue weighted by Crippen LogP contribution is -2.46. The predicted molar refractivity (Wildman–Crippen MR) is 227 cm³/mol. The normalized spacial score (nSPS) is 16.7. The number of aromatic nitrogens is 2. The molecule has 4 aliphatic heterocycles. The van der Waals surface area contributed by atoms with Gasteiger partial charge in [0.25, 0.3) is 0 Å². The maximum Gasteiger partial charge on any atom is 0.320 e. The van der Waals surface area contributed by atoms with Crippen molar-refractivity contribution in [2.24, 2.45) is 0 Å². The van der Waals surface area contributed by atoms with E-state index in [1.807, 2.05) is 6.92 Å². The first-order chi connectivity index (χ1) is 27.8. The Morgan fingerprint density at radius 3 is 1.68 bits per heavy atom. The number of nitrogens with zero attached hydrogens (tertiary/aromatic N) is 3. The second-order valence-corrected chi connectivity index (χ2v) is 15.4. The Morgan fingerprint density at radius 1 is 0.719 bits per heavy atom. The van der Waals surface area contributed by atoms with Crippen LogP contribution in [-0.4, -0.2) is 115 Å². The average molecular weight is 858 g/mol. The second-order valence-electron chi connectivity index (χ2n) is 14.8. The largest absolute Gasteiger partial charge is 0.465 e. The van der Waals surface area contributed by atoms with Gasteiger partial charge in [-0.05, 0) is 127 Å². The molecule has 0 aromatic carbocycles. The van der Waals surface area contributed by atoms with Gasteiger partial charge < -0.3 is 36.1 Å². The van der Waals surface area contributed by atoms with E-state index in [4.69, 9.17) is 4.74 Å². The van der Waals surface area contributed by atoms with Crippen molar-refractivity contribution in [3.05, 3.63) is 46.8 Å². The lowest BCUT2D eigenvalue weighted by atomic mass is 10.0. The molecule has 15 heteroatoms. The van der Waals surface area contributed by atoms with Gasteiger partial charge in [-0.25, -0.2) is 9.97 Å². The van der Waals surface area contributed by atoms with Gasteiger partial charge >= 0.3 is 11.9 Å². The summed E-state index contributed by atoms with van der Waals surface area (Å²) in [6.07, 6.45) is 12.9. The molecule has 5 N–H and O–H groups in total. The summed E-state index contributed by atoms with van der Waals surface area (Å²) in [5.41, 5.74) is 4.75. The number of nitrogens with one attached hydrogen (secondary N) is 5. The van der Waals surface area contributed by atoms with Crippen LogP contribution >= 0.6 is 15.9 Å². The van der Waals surface area contributed by atoms with E-state index in [1.165, 1.54) is 17.5 Å². The van der Waals surface area contributed by atoms with Crippen LogP contribution in [0.1, 0.15) is 101 Å². The van der Waals surface area contributed by atoms with Crippen molar-refractivity contribution in [1.82, 2.24) is 30.8 Å². The number of ether oxygens (including phenoxy) is 2. The van der Waals surface area contributed by atoms with Crippen molar-refractivity contribution in [2.45, 2.75) is 116 Å². The number of halogens is 1. The molecule has 0 unspecified atom stereocenters. The Balaban J connectivity index is 0.000000221.